The van der Waals surface area contributed by atoms with Gasteiger partial charge in [-0.15, -0.1) is 0 Å². The number of aromatic nitrogens is 1. The topological polar surface area (TPSA) is 4.93 Å². The Labute approximate surface area is 251 Å². The molecule has 1 heteroatoms. The Balaban J connectivity index is 1.23. The molecule has 43 heavy (non-hydrogen) atoms. The third kappa shape index (κ3) is 3.85. The Morgan fingerprint density at radius 1 is 0.535 bits per heavy atom. The second-order valence-corrected chi connectivity index (χ2v) is 12.0. The number of para-hydroxylation sites is 1. The van der Waals surface area contributed by atoms with Crippen LogP contribution in [-0.2, 0) is 0 Å². The maximum Gasteiger partial charge on any atom is 0.0547 e. The summed E-state index contributed by atoms with van der Waals surface area (Å²) in [5.41, 5.74) is 7.70. The molecule has 0 fully saturated rings. The van der Waals surface area contributed by atoms with Gasteiger partial charge in [0.25, 0.3) is 0 Å². The van der Waals surface area contributed by atoms with E-state index in [1.165, 1.54) is 76.2 Å². The zero-order chi connectivity index (χ0) is 28.3. The molecule has 7 aromatic rings. The summed E-state index contributed by atoms with van der Waals surface area (Å²) in [4.78, 5) is 0. The van der Waals surface area contributed by atoms with Gasteiger partial charge in [0, 0.05) is 22.4 Å². The summed E-state index contributed by atoms with van der Waals surface area (Å²) >= 11 is 0. The second-order valence-electron chi connectivity index (χ2n) is 12.0. The Morgan fingerprint density at radius 3 is 2.05 bits per heavy atom. The lowest BCUT2D eigenvalue weighted by Crippen LogP contribution is -2.30. The smallest absolute Gasteiger partial charge is 0.0547 e. The first-order valence-corrected chi connectivity index (χ1v) is 15.5. The highest BCUT2D eigenvalue weighted by atomic mass is 15.0. The molecule has 0 bridgehead atoms. The fourth-order valence-electron chi connectivity index (χ4n) is 7.49. The normalized spacial score (nSPS) is 16.3. The number of rotatable bonds is 3. The molecular weight excluding hydrogens is 518 g/mol. The minimum atomic E-state index is 0.318. The summed E-state index contributed by atoms with van der Waals surface area (Å²) in [5, 5.41) is 10.7. The average Bonchev–Trinajstić information content (AvgIpc) is 3.42. The molecule has 204 valence electrons. The van der Waals surface area contributed by atoms with Crippen LogP contribution in [0.3, 0.4) is 0 Å². The molecule has 0 amide bonds. The molecule has 0 spiro atoms. The summed E-state index contributed by atoms with van der Waals surface area (Å²) < 4.78 is 2.47. The Morgan fingerprint density at radius 2 is 1.26 bits per heavy atom. The molecule has 1 heterocycles. The largest absolute Gasteiger partial charge is 0.309 e. The zero-order valence-electron chi connectivity index (χ0n) is 24.0. The number of fused-ring (bicyclic) bond motifs is 9. The molecule has 1 atom stereocenters. The van der Waals surface area contributed by atoms with Crippen LogP contribution < -0.4 is 10.4 Å². The van der Waals surface area contributed by atoms with E-state index in [-0.39, 0.29) is 0 Å². The first kappa shape index (κ1) is 24.5. The summed E-state index contributed by atoms with van der Waals surface area (Å²) in [6.07, 6.45) is 15.2. The van der Waals surface area contributed by atoms with Crippen LogP contribution >= 0.6 is 0 Å². The van der Waals surface area contributed by atoms with Gasteiger partial charge in [-0.2, -0.15) is 0 Å². The molecule has 0 N–H and O–H groups in total. The van der Waals surface area contributed by atoms with Gasteiger partial charge in [-0.1, -0.05) is 121 Å². The van der Waals surface area contributed by atoms with E-state index in [0.717, 1.165) is 19.3 Å². The quantitative estimate of drug-likeness (QED) is 0.193. The predicted molar refractivity (Wildman–Crippen MR) is 184 cm³/mol. The van der Waals surface area contributed by atoms with Crippen molar-refractivity contribution in [2.75, 3.05) is 0 Å². The molecule has 0 saturated heterocycles. The highest BCUT2D eigenvalue weighted by Crippen LogP contribution is 2.36. The lowest BCUT2D eigenvalue weighted by molar-refractivity contribution is 0.921. The molecule has 1 nitrogen and oxygen atoms in total. The van der Waals surface area contributed by atoms with Gasteiger partial charge in [0.1, 0.15) is 0 Å². The molecule has 2 aliphatic rings. The van der Waals surface area contributed by atoms with Gasteiger partial charge in [0.15, 0.2) is 0 Å². The monoisotopic (exact) mass is 549 g/mol. The molecular formula is C42H31N. The van der Waals surface area contributed by atoms with Gasteiger partial charge in [0.05, 0.1) is 11.0 Å². The molecule has 6 aromatic carbocycles. The summed E-state index contributed by atoms with van der Waals surface area (Å²) in [6, 6.07) is 42.8. The van der Waals surface area contributed by atoms with Gasteiger partial charge in [-0.3, -0.25) is 0 Å². The van der Waals surface area contributed by atoms with Gasteiger partial charge < -0.3 is 4.57 Å². The third-order valence-corrected chi connectivity index (χ3v) is 9.52. The fraction of sp³-hybridized carbons (Fsp3) is 0.0952. The second kappa shape index (κ2) is 9.71. The van der Waals surface area contributed by atoms with Crippen molar-refractivity contribution in [3.63, 3.8) is 0 Å². The van der Waals surface area contributed by atoms with Crippen molar-refractivity contribution >= 4 is 61.1 Å². The third-order valence-electron chi connectivity index (χ3n) is 9.52. The standard InChI is InChI=1S/C42H31N/c1-2-11-28(12-3-1)31-22-24-39-38-19-8-9-20-41(38)43(42(39)27-31)32-14-10-13-29(25-32)30-21-23-37-35-17-5-4-15-33(35)34-16-6-7-18-36(34)40(37)26-30/h2,4-20,22-27,30H,1,3,21H2/t30-/m1/s1. The minimum absolute atomic E-state index is 0.318. The molecule has 1 aromatic heterocycles. The van der Waals surface area contributed by atoms with E-state index in [9.17, 15) is 0 Å². The first-order chi connectivity index (χ1) is 21.3. The van der Waals surface area contributed by atoms with Crippen LogP contribution in [0.5, 0.6) is 0 Å². The summed E-state index contributed by atoms with van der Waals surface area (Å²) in [6.45, 7) is 0. The van der Waals surface area contributed by atoms with Crippen LogP contribution in [0.2, 0.25) is 0 Å². The van der Waals surface area contributed by atoms with Gasteiger partial charge in [0.2, 0.25) is 0 Å². The van der Waals surface area contributed by atoms with Crippen molar-refractivity contribution in [2.45, 2.75) is 25.2 Å². The number of hydrogen-bond donors (Lipinski definition) is 0. The number of benzene rings is 6. The Bertz CT molecular complexity index is 2430. The molecule has 0 saturated carbocycles. The highest BCUT2D eigenvalue weighted by molar-refractivity contribution is 6.10. The van der Waals surface area contributed by atoms with Crippen LogP contribution in [0.1, 0.15) is 36.3 Å². The van der Waals surface area contributed by atoms with Crippen LogP contribution in [0.25, 0.3) is 66.8 Å². The predicted octanol–water partition coefficient (Wildman–Crippen LogP) is 9.57. The Kier molecular flexibility index (Phi) is 5.52. The van der Waals surface area contributed by atoms with Crippen LogP contribution in [0.15, 0.2) is 133 Å². The maximum atomic E-state index is 2.52. The maximum absolute atomic E-state index is 2.52. The van der Waals surface area contributed by atoms with E-state index in [1.54, 1.807) is 0 Å². The molecule has 9 rings (SSSR count). The van der Waals surface area contributed by atoms with Crippen molar-refractivity contribution in [3.8, 4) is 5.69 Å². The van der Waals surface area contributed by atoms with Crippen LogP contribution in [0, 0.1) is 0 Å². The fourth-order valence-corrected chi connectivity index (χ4v) is 7.49. The van der Waals surface area contributed by atoms with Gasteiger partial charge in [-0.25, -0.2) is 0 Å². The molecule has 2 aliphatic carbocycles. The summed E-state index contributed by atoms with van der Waals surface area (Å²) in [5.74, 6) is 0.318. The van der Waals surface area contributed by atoms with Gasteiger partial charge in [-0.05, 0) is 92.2 Å². The first-order valence-electron chi connectivity index (χ1n) is 15.5. The van der Waals surface area contributed by atoms with Crippen LogP contribution in [0.4, 0.5) is 0 Å². The van der Waals surface area contributed by atoms with E-state index in [4.69, 9.17) is 0 Å². The van der Waals surface area contributed by atoms with E-state index in [0.29, 0.717) is 5.92 Å². The highest BCUT2D eigenvalue weighted by Gasteiger charge is 2.17. The van der Waals surface area contributed by atoms with Crippen molar-refractivity contribution in [3.05, 3.63) is 155 Å². The molecule has 0 aliphatic heterocycles. The number of nitrogens with zero attached hydrogens (tertiary/aromatic N) is 1. The minimum Gasteiger partial charge on any atom is -0.309 e. The van der Waals surface area contributed by atoms with Crippen molar-refractivity contribution in [1.82, 2.24) is 4.57 Å². The Hall–Kier alpha value is -5.14. The SMILES string of the molecule is C1=CC(c2ccc3c4ccccc4n(-c4cccc([C@H]5C=c6c(c7ccccc7c7ccccc67)=CC5)c4)c3c2)=CCC1. The van der Waals surface area contributed by atoms with Crippen molar-refractivity contribution in [2.24, 2.45) is 0 Å². The lowest BCUT2D eigenvalue weighted by atomic mass is 9.87. The molecule has 0 radical (unpaired) electrons. The van der Waals surface area contributed by atoms with Crippen LogP contribution in [-0.4, -0.2) is 4.57 Å². The van der Waals surface area contributed by atoms with Crippen molar-refractivity contribution < 1.29 is 0 Å². The lowest BCUT2D eigenvalue weighted by Gasteiger charge is -2.19. The van der Waals surface area contributed by atoms with Gasteiger partial charge >= 0.3 is 0 Å². The van der Waals surface area contributed by atoms with E-state index < -0.39 is 0 Å². The van der Waals surface area contributed by atoms with E-state index >= 15 is 0 Å². The zero-order valence-corrected chi connectivity index (χ0v) is 24.0. The van der Waals surface area contributed by atoms with E-state index in [2.05, 4.69) is 150 Å². The molecule has 0 unspecified atom stereocenters. The van der Waals surface area contributed by atoms with Crippen molar-refractivity contribution in [1.29, 1.82) is 0 Å². The summed E-state index contributed by atoms with van der Waals surface area (Å²) in [7, 11) is 0. The van der Waals surface area contributed by atoms with E-state index in [1.807, 2.05) is 0 Å². The number of hydrogen-bond acceptors (Lipinski definition) is 0. The average molecular weight is 550 g/mol. The number of allylic oxidation sites excluding steroid dienone is 4.